The van der Waals surface area contributed by atoms with E-state index < -0.39 is 11.6 Å². The van der Waals surface area contributed by atoms with Crippen LogP contribution in [0.15, 0.2) is 18.2 Å². The molecule has 0 spiro atoms. The van der Waals surface area contributed by atoms with Gasteiger partial charge in [-0.2, -0.15) is 0 Å². The number of benzene rings is 1. The van der Waals surface area contributed by atoms with Crippen molar-refractivity contribution in [2.24, 2.45) is 5.92 Å². The molecule has 104 valence electrons. The second-order valence-corrected chi connectivity index (χ2v) is 4.91. The third kappa shape index (κ3) is 4.28. The third-order valence-corrected chi connectivity index (χ3v) is 3.43. The molecule has 1 atom stereocenters. The van der Waals surface area contributed by atoms with Gasteiger partial charge in [0.2, 0.25) is 5.91 Å². The molecular weight excluding hydrogens is 250 g/mol. The minimum Gasteiger partial charge on any atom is -0.352 e. The molecule has 1 aromatic rings. The highest BCUT2D eigenvalue weighted by Crippen LogP contribution is 2.14. The number of halogens is 2. The maximum absolute atomic E-state index is 13.3. The molecule has 1 aliphatic heterocycles. The van der Waals surface area contributed by atoms with Crippen LogP contribution in [0.2, 0.25) is 0 Å². The van der Waals surface area contributed by atoms with E-state index in [1.54, 1.807) is 0 Å². The summed E-state index contributed by atoms with van der Waals surface area (Å²) in [7, 11) is 0. The van der Waals surface area contributed by atoms with E-state index in [4.69, 9.17) is 0 Å². The topological polar surface area (TPSA) is 41.1 Å². The van der Waals surface area contributed by atoms with Gasteiger partial charge in [0.1, 0.15) is 11.6 Å². The predicted octanol–water partition coefficient (Wildman–Crippen LogP) is 1.97. The SMILES string of the molecule is O=C(CCC1CCNC1)NCc1cc(F)ccc1F. The van der Waals surface area contributed by atoms with Crippen LogP contribution in [-0.4, -0.2) is 19.0 Å². The van der Waals surface area contributed by atoms with E-state index in [1.165, 1.54) is 0 Å². The molecule has 1 amide bonds. The molecule has 0 aromatic heterocycles. The van der Waals surface area contributed by atoms with Crippen LogP contribution in [0, 0.1) is 17.6 Å². The Kier molecular flexibility index (Phi) is 4.85. The lowest BCUT2D eigenvalue weighted by atomic mass is 10.0. The average molecular weight is 268 g/mol. The summed E-state index contributed by atoms with van der Waals surface area (Å²) in [5.74, 6) is -0.559. The number of carbonyl (C=O) groups excluding carboxylic acids is 1. The summed E-state index contributed by atoms with van der Waals surface area (Å²) in [5.41, 5.74) is 0.177. The standard InChI is InChI=1S/C14H18F2N2O/c15-12-2-3-13(16)11(7-12)9-18-14(19)4-1-10-5-6-17-8-10/h2-3,7,10,17H,1,4-6,8-9H2,(H,18,19). The Balaban J connectivity index is 1.74. The van der Waals surface area contributed by atoms with Gasteiger partial charge in [-0.15, -0.1) is 0 Å². The van der Waals surface area contributed by atoms with Gasteiger partial charge >= 0.3 is 0 Å². The van der Waals surface area contributed by atoms with E-state index in [0.29, 0.717) is 12.3 Å². The highest BCUT2D eigenvalue weighted by atomic mass is 19.1. The van der Waals surface area contributed by atoms with Crippen molar-refractivity contribution in [2.75, 3.05) is 13.1 Å². The molecule has 0 saturated carbocycles. The van der Waals surface area contributed by atoms with E-state index in [-0.39, 0.29) is 18.0 Å². The van der Waals surface area contributed by atoms with Gasteiger partial charge in [0, 0.05) is 18.5 Å². The fraction of sp³-hybridized carbons (Fsp3) is 0.500. The van der Waals surface area contributed by atoms with Crippen molar-refractivity contribution in [3.63, 3.8) is 0 Å². The van der Waals surface area contributed by atoms with Crippen molar-refractivity contribution in [2.45, 2.75) is 25.8 Å². The van der Waals surface area contributed by atoms with Crippen molar-refractivity contribution in [1.29, 1.82) is 0 Å². The lowest BCUT2D eigenvalue weighted by molar-refractivity contribution is -0.121. The molecule has 0 radical (unpaired) electrons. The summed E-state index contributed by atoms with van der Waals surface area (Å²) in [5, 5.41) is 5.87. The van der Waals surface area contributed by atoms with Crippen LogP contribution in [0.5, 0.6) is 0 Å². The lowest BCUT2D eigenvalue weighted by Gasteiger charge is -2.09. The molecular formula is C14H18F2N2O. The van der Waals surface area contributed by atoms with Gasteiger partial charge in [-0.3, -0.25) is 4.79 Å². The number of amides is 1. The number of hydrogen-bond donors (Lipinski definition) is 2. The second-order valence-electron chi connectivity index (χ2n) is 4.91. The Morgan fingerprint density at radius 3 is 3.00 bits per heavy atom. The Morgan fingerprint density at radius 2 is 2.26 bits per heavy atom. The van der Waals surface area contributed by atoms with E-state index in [2.05, 4.69) is 10.6 Å². The van der Waals surface area contributed by atoms with Crippen molar-refractivity contribution < 1.29 is 13.6 Å². The number of hydrogen-bond acceptors (Lipinski definition) is 2. The molecule has 1 heterocycles. The molecule has 0 aliphatic carbocycles. The first-order chi connectivity index (χ1) is 9.15. The first kappa shape index (κ1) is 13.9. The van der Waals surface area contributed by atoms with Crippen LogP contribution in [0.25, 0.3) is 0 Å². The van der Waals surface area contributed by atoms with Crippen LogP contribution >= 0.6 is 0 Å². The second kappa shape index (κ2) is 6.61. The highest BCUT2D eigenvalue weighted by molar-refractivity contribution is 5.75. The van der Waals surface area contributed by atoms with E-state index in [9.17, 15) is 13.6 Å². The largest absolute Gasteiger partial charge is 0.352 e. The molecule has 2 N–H and O–H groups in total. The highest BCUT2D eigenvalue weighted by Gasteiger charge is 2.15. The average Bonchev–Trinajstić information content (AvgIpc) is 2.90. The first-order valence-corrected chi connectivity index (χ1v) is 6.56. The Bertz CT molecular complexity index is 445. The Morgan fingerprint density at radius 1 is 1.42 bits per heavy atom. The van der Waals surface area contributed by atoms with Crippen LogP contribution in [0.1, 0.15) is 24.8 Å². The zero-order chi connectivity index (χ0) is 13.7. The van der Waals surface area contributed by atoms with Crippen LogP contribution in [0.3, 0.4) is 0 Å². The van der Waals surface area contributed by atoms with Gasteiger partial charge in [0.25, 0.3) is 0 Å². The summed E-state index contributed by atoms with van der Waals surface area (Å²) in [4.78, 5) is 11.6. The monoisotopic (exact) mass is 268 g/mol. The quantitative estimate of drug-likeness (QED) is 0.857. The van der Waals surface area contributed by atoms with E-state index >= 15 is 0 Å². The van der Waals surface area contributed by atoms with Gasteiger partial charge in [0.05, 0.1) is 0 Å². The fourth-order valence-corrected chi connectivity index (χ4v) is 2.26. The summed E-state index contributed by atoms with van der Waals surface area (Å²) in [6.45, 7) is 2.01. The first-order valence-electron chi connectivity index (χ1n) is 6.56. The minimum atomic E-state index is -0.498. The molecule has 1 unspecified atom stereocenters. The predicted molar refractivity (Wildman–Crippen MR) is 68.4 cm³/mol. The van der Waals surface area contributed by atoms with Gasteiger partial charge in [-0.25, -0.2) is 8.78 Å². The van der Waals surface area contributed by atoms with E-state index in [1.807, 2.05) is 0 Å². The smallest absolute Gasteiger partial charge is 0.220 e. The molecule has 3 nitrogen and oxygen atoms in total. The molecule has 1 aliphatic rings. The molecule has 1 aromatic carbocycles. The van der Waals surface area contributed by atoms with Crippen molar-refractivity contribution in [1.82, 2.24) is 10.6 Å². The summed E-state index contributed by atoms with van der Waals surface area (Å²) in [6, 6.07) is 3.24. The Labute approximate surface area is 111 Å². The number of carbonyl (C=O) groups is 1. The van der Waals surface area contributed by atoms with Gasteiger partial charge in [-0.1, -0.05) is 0 Å². The van der Waals surface area contributed by atoms with Gasteiger partial charge in [0.15, 0.2) is 0 Å². The van der Waals surface area contributed by atoms with Crippen LogP contribution in [-0.2, 0) is 11.3 Å². The van der Waals surface area contributed by atoms with E-state index in [0.717, 1.165) is 44.1 Å². The zero-order valence-corrected chi connectivity index (χ0v) is 10.7. The number of rotatable bonds is 5. The Hall–Kier alpha value is -1.49. The molecule has 2 rings (SSSR count). The van der Waals surface area contributed by atoms with Crippen molar-refractivity contribution in [3.8, 4) is 0 Å². The molecule has 1 saturated heterocycles. The summed E-state index contributed by atoms with van der Waals surface area (Å²) in [6.07, 6.45) is 2.37. The fourth-order valence-electron chi connectivity index (χ4n) is 2.26. The summed E-state index contributed by atoms with van der Waals surface area (Å²) < 4.78 is 26.3. The number of nitrogens with one attached hydrogen (secondary N) is 2. The zero-order valence-electron chi connectivity index (χ0n) is 10.7. The molecule has 1 fully saturated rings. The van der Waals surface area contributed by atoms with Crippen LogP contribution < -0.4 is 10.6 Å². The maximum atomic E-state index is 13.3. The van der Waals surface area contributed by atoms with Gasteiger partial charge in [-0.05, 0) is 50.0 Å². The lowest BCUT2D eigenvalue weighted by Crippen LogP contribution is -2.24. The molecule has 0 bridgehead atoms. The van der Waals surface area contributed by atoms with Crippen molar-refractivity contribution in [3.05, 3.63) is 35.4 Å². The van der Waals surface area contributed by atoms with Crippen LogP contribution in [0.4, 0.5) is 8.78 Å². The maximum Gasteiger partial charge on any atom is 0.220 e. The third-order valence-electron chi connectivity index (χ3n) is 3.43. The molecule has 19 heavy (non-hydrogen) atoms. The minimum absolute atomic E-state index is 0.0331. The summed E-state index contributed by atoms with van der Waals surface area (Å²) >= 11 is 0. The van der Waals surface area contributed by atoms with Crippen molar-refractivity contribution >= 4 is 5.91 Å². The normalized spacial score (nSPS) is 18.5. The van der Waals surface area contributed by atoms with Gasteiger partial charge < -0.3 is 10.6 Å². The molecule has 5 heteroatoms.